The van der Waals surface area contributed by atoms with Gasteiger partial charge in [0.25, 0.3) is 0 Å². The summed E-state index contributed by atoms with van der Waals surface area (Å²) < 4.78 is 19.8. The molecule has 9 heteroatoms. The number of aliphatic hydroxyl groups is 1. The Hall–Kier alpha value is -3.84. The quantitative estimate of drug-likeness (QED) is 0.341. The van der Waals surface area contributed by atoms with E-state index in [9.17, 15) is 10.4 Å². The lowest BCUT2D eigenvalue weighted by Gasteiger charge is -2.25. The van der Waals surface area contributed by atoms with E-state index in [0.717, 1.165) is 54.6 Å². The minimum Gasteiger partial charge on any atom is -0.489 e. The van der Waals surface area contributed by atoms with Crippen LogP contribution in [0.5, 0.6) is 5.75 Å². The van der Waals surface area contributed by atoms with Crippen molar-refractivity contribution in [3.8, 4) is 34.5 Å². The standard InChI is InChI=1S/C31H33N5O4/c1-31(2,37)23-9-6-20(7-10-23)29-35-28-27(33-19-34-30(28)36(29)26-5-3-4-14-39-26)21-8-11-25(22(17-21)18-32)40-24-12-15-38-16-13-24/h6-11,17,19,24,26,37H,3-5,12-16H2,1-2H3. The van der Waals surface area contributed by atoms with E-state index in [2.05, 4.69) is 20.6 Å². The Labute approximate surface area is 233 Å². The van der Waals surface area contributed by atoms with Crippen molar-refractivity contribution in [2.24, 2.45) is 0 Å². The fourth-order valence-electron chi connectivity index (χ4n) is 5.39. The Morgan fingerprint density at radius 3 is 2.48 bits per heavy atom. The van der Waals surface area contributed by atoms with Crippen LogP contribution < -0.4 is 4.74 Å². The molecule has 2 aromatic carbocycles. The van der Waals surface area contributed by atoms with Crippen LogP contribution in [-0.2, 0) is 15.1 Å². The lowest BCUT2D eigenvalue weighted by atomic mass is 9.97. The van der Waals surface area contributed by atoms with Crippen LogP contribution in [0.25, 0.3) is 33.8 Å². The van der Waals surface area contributed by atoms with Gasteiger partial charge in [-0.15, -0.1) is 0 Å². The monoisotopic (exact) mass is 539 g/mol. The van der Waals surface area contributed by atoms with Gasteiger partial charge in [0.05, 0.1) is 24.4 Å². The molecule has 9 nitrogen and oxygen atoms in total. The van der Waals surface area contributed by atoms with E-state index in [4.69, 9.17) is 19.2 Å². The Balaban J connectivity index is 1.44. The highest BCUT2D eigenvalue weighted by Crippen LogP contribution is 2.37. The Bertz CT molecular complexity index is 1540. The number of ether oxygens (including phenoxy) is 3. The van der Waals surface area contributed by atoms with E-state index in [1.54, 1.807) is 13.8 Å². The lowest BCUT2D eigenvalue weighted by Crippen LogP contribution is -2.26. The molecule has 40 heavy (non-hydrogen) atoms. The van der Waals surface area contributed by atoms with Gasteiger partial charge in [0.2, 0.25) is 0 Å². The Morgan fingerprint density at radius 1 is 1.00 bits per heavy atom. The van der Waals surface area contributed by atoms with Crippen LogP contribution in [0.2, 0.25) is 0 Å². The van der Waals surface area contributed by atoms with Crippen molar-refractivity contribution in [2.45, 2.75) is 63.9 Å². The molecule has 2 fully saturated rings. The van der Waals surface area contributed by atoms with Gasteiger partial charge in [-0.25, -0.2) is 15.0 Å². The summed E-state index contributed by atoms with van der Waals surface area (Å²) in [5, 5.41) is 20.4. The predicted octanol–water partition coefficient (Wildman–Crippen LogP) is 5.52. The highest BCUT2D eigenvalue weighted by Gasteiger charge is 2.27. The second kappa shape index (κ2) is 11.0. The maximum atomic E-state index is 10.4. The lowest BCUT2D eigenvalue weighted by molar-refractivity contribution is -0.0287. The third kappa shape index (κ3) is 5.18. The van der Waals surface area contributed by atoms with Gasteiger partial charge >= 0.3 is 0 Å². The van der Waals surface area contributed by atoms with Crippen molar-refractivity contribution in [2.75, 3.05) is 19.8 Å². The van der Waals surface area contributed by atoms with E-state index in [0.29, 0.717) is 48.0 Å². The van der Waals surface area contributed by atoms with Gasteiger partial charge in [0, 0.05) is 30.6 Å². The number of nitriles is 1. The summed E-state index contributed by atoms with van der Waals surface area (Å²) in [7, 11) is 0. The molecule has 4 aromatic rings. The van der Waals surface area contributed by atoms with E-state index in [1.165, 1.54) is 6.33 Å². The molecule has 2 saturated heterocycles. The molecule has 1 atom stereocenters. The topological polar surface area (TPSA) is 115 Å². The fourth-order valence-corrected chi connectivity index (χ4v) is 5.39. The molecule has 4 heterocycles. The largest absolute Gasteiger partial charge is 0.489 e. The van der Waals surface area contributed by atoms with Gasteiger partial charge in [0.1, 0.15) is 47.5 Å². The summed E-state index contributed by atoms with van der Waals surface area (Å²) >= 11 is 0. The Morgan fingerprint density at radius 2 is 1.77 bits per heavy atom. The maximum Gasteiger partial charge on any atom is 0.166 e. The first kappa shape index (κ1) is 26.4. The van der Waals surface area contributed by atoms with Crippen molar-refractivity contribution in [3.05, 3.63) is 59.9 Å². The third-order valence-electron chi connectivity index (χ3n) is 7.61. The minimum atomic E-state index is -0.942. The average molecular weight is 540 g/mol. The van der Waals surface area contributed by atoms with Crippen molar-refractivity contribution >= 4 is 11.2 Å². The molecule has 2 aromatic heterocycles. The normalized spacial score (nSPS) is 18.5. The highest BCUT2D eigenvalue weighted by atomic mass is 16.5. The molecular formula is C31H33N5O4. The third-order valence-corrected chi connectivity index (χ3v) is 7.61. The highest BCUT2D eigenvalue weighted by molar-refractivity contribution is 5.90. The van der Waals surface area contributed by atoms with E-state index < -0.39 is 5.60 Å². The molecule has 0 spiro atoms. The molecule has 2 aliphatic heterocycles. The van der Waals surface area contributed by atoms with Gasteiger partial charge in [-0.2, -0.15) is 5.26 Å². The summed E-state index contributed by atoms with van der Waals surface area (Å²) in [6.45, 7) is 5.55. The zero-order chi connectivity index (χ0) is 27.7. The van der Waals surface area contributed by atoms with Gasteiger partial charge in [0.15, 0.2) is 5.65 Å². The Kier molecular flexibility index (Phi) is 7.24. The zero-order valence-corrected chi connectivity index (χ0v) is 22.8. The number of rotatable bonds is 6. The summed E-state index contributed by atoms with van der Waals surface area (Å²) in [5.41, 5.74) is 3.95. The molecule has 0 aliphatic carbocycles. The average Bonchev–Trinajstić information content (AvgIpc) is 3.38. The van der Waals surface area contributed by atoms with Crippen molar-refractivity contribution in [1.29, 1.82) is 5.26 Å². The van der Waals surface area contributed by atoms with Crippen LogP contribution in [0.4, 0.5) is 0 Å². The molecule has 2 aliphatic rings. The molecule has 0 saturated carbocycles. The van der Waals surface area contributed by atoms with Gasteiger partial charge in [-0.3, -0.25) is 4.57 Å². The predicted molar refractivity (Wildman–Crippen MR) is 149 cm³/mol. The first-order chi connectivity index (χ1) is 19.4. The minimum absolute atomic E-state index is 0.0361. The van der Waals surface area contributed by atoms with Gasteiger partial charge < -0.3 is 19.3 Å². The SMILES string of the molecule is CC(C)(O)c1ccc(-c2nc3c(-c4ccc(OC5CCOCC5)c(C#N)c4)ncnc3n2C2CCCCO2)cc1. The fraction of sp³-hybridized carbons (Fsp3) is 0.419. The molecule has 0 radical (unpaired) electrons. The first-order valence-electron chi connectivity index (χ1n) is 13.9. The van der Waals surface area contributed by atoms with Gasteiger partial charge in [-0.1, -0.05) is 24.3 Å². The number of fused-ring (bicyclic) bond motifs is 1. The van der Waals surface area contributed by atoms with E-state index in [-0.39, 0.29) is 12.3 Å². The summed E-state index contributed by atoms with van der Waals surface area (Å²) in [5.74, 6) is 1.29. The molecule has 1 unspecified atom stereocenters. The van der Waals surface area contributed by atoms with E-state index >= 15 is 0 Å². The van der Waals surface area contributed by atoms with Crippen LogP contribution in [0.1, 0.15) is 63.3 Å². The van der Waals surface area contributed by atoms with Gasteiger partial charge in [-0.05, 0) is 56.9 Å². The maximum absolute atomic E-state index is 10.4. The molecule has 0 bridgehead atoms. The van der Waals surface area contributed by atoms with Crippen molar-refractivity contribution < 1.29 is 19.3 Å². The molecule has 206 valence electrons. The number of nitrogens with zero attached hydrogens (tertiary/aromatic N) is 5. The molecule has 6 rings (SSSR count). The number of aromatic nitrogens is 4. The smallest absolute Gasteiger partial charge is 0.166 e. The van der Waals surface area contributed by atoms with Crippen LogP contribution in [-0.4, -0.2) is 50.6 Å². The molecular weight excluding hydrogens is 506 g/mol. The number of benzene rings is 2. The van der Waals surface area contributed by atoms with Crippen LogP contribution >= 0.6 is 0 Å². The number of hydrogen-bond acceptors (Lipinski definition) is 8. The first-order valence-corrected chi connectivity index (χ1v) is 13.9. The molecule has 1 N–H and O–H groups in total. The van der Waals surface area contributed by atoms with Crippen LogP contribution in [0, 0.1) is 11.3 Å². The summed E-state index contributed by atoms with van der Waals surface area (Å²) in [6.07, 6.45) is 5.93. The second-order valence-electron chi connectivity index (χ2n) is 10.9. The zero-order valence-electron chi connectivity index (χ0n) is 22.8. The summed E-state index contributed by atoms with van der Waals surface area (Å²) in [4.78, 5) is 14.3. The van der Waals surface area contributed by atoms with E-state index in [1.807, 2.05) is 42.5 Å². The van der Waals surface area contributed by atoms with Crippen LogP contribution in [0.15, 0.2) is 48.8 Å². The number of hydrogen-bond donors (Lipinski definition) is 1. The van der Waals surface area contributed by atoms with Crippen molar-refractivity contribution in [3.63, 3.8) is 0 Å². The van der Waals surface area contributed by atoms with Crippen molar-refractivity contribution in [1.82, 2.24) is 19.5 Å². The number of imidazole rings is 1. The van der Waals surface area contributed by atoms with Crippen LogP contribution in [0.3, 0.4) is 0 Å². The molecule has 0 amide bonds. The summed E-state index contributed by atoms with van der Waals surface area (Å²) in [6, 6.07) is 15.6. The second-order valence-corrected chi connectivity index (χ2v) is 10.9.